The number of aromatic nitrogens is 2. The summed E-state index contributed by atoms with van der Waals surface area (Å²) in [4.78, 5) is 15.2. The molecule has 1 aromatic heterocycles. The fraction of sp³-hybridized carbons (Fsp3) is 0.304. The Balaban J connectivity index is 1.47. The van der Waals surface area contributed by atoms with Crippen LogP contribution in [0, 0.1) is 18.7 Å². The molecule has 1 atom stereocenters. The van der Waals surface area contributed by atoms with Crippen molar-refractivity contribution in [1.82, 2.24) is 9.78 Å². The average Bonchev–Trinajstić information content (AvgIpc) is 3.27. The van der Waals surface area contributed by atoms with Gasteiger partial charge >= 0.3 is 0 Å². The van der Waals surface area contributed by atoms with E-state index in [0.29, 0.717) is 29.4 Å². The molecule has 156 valence electrons. The summed E-state index contributed by atoms with van der Waals surface area (Å²) in [7, 11) is 0. The standard InChI is InChI=1S/C23H24ClFN4O/c1-15-11-12-28(13-15)20-9-7-19(8-10-20)26-23(30)21-16(2)27-29(22(21)24)14-17-3-5-18(25)6-4-17/h3-10,15H,11-14H2,1-2H3,(H,26,30). The highest BCUT2D eigenvalue weighted by molar-refractivity contribution is 6.33. The first kappa shape index (κ1) is 20.4. The van der Waals surface area contributed by atoms with Gasteiger partial charge < -0.3 is 10.2 Å². The zero-order valence-electron chi connectivity index (χ0n) is 17.0. The first-order valence-corrected chi connectivity index (χ1v) is 10.4. The second-order valence-corrected chi connectivity index (χ2v) is 8.23. The van der Waals surface area contributed by atoms with E-state index in [9.17, 15) is 9.18 Å². The van der Waals surface area contributed by atoms with E-state index in [1.54, 1.807) is 23.7 Å². The van der Waals surface area contributed by atoms with Crippen molar-refractivity contribution in [2.75, 3.05) is 23.3 Å². The summed E-state index contributed by atoms with van der Waals surface area (Å²) in [6, 6.07) is 14.0. The van der Waals surface area contributed by atoms with Crippen LogP contribution in [-0.2, 0) is 6.54 Å². The lowest BCUT2D eigenvalue weighted by Gasteiger charge is -2.18. The molecule has 1 saturated heterocycles. The summed E-state index contributed by atoms with van der Waals surface area (Å²) in [5.74, 6) is 0.109. The fourth-order valence-electron chi connectivity index (χ4n) is 3.80. The number of hydrogen-bond acceptors (Lipinski definition) is 3. The van der Waals surface area contributed by atoms with Crippen LogP contribution >= 0.6 is 11.6 Å². The zero-order valence-corrected chi connectivity index (χ0v) is 17.8. The van der Waals surface area contributed by atoms with Gasteiger partial charge in [-0.1, -0.05) is 30.7 Å². The van der Waals surface area contributed by atoms with Gasteiger partial charge in [-0.05, 0) is 61.2 Å². The Morgan fingerprint density at radius 1 is 1.20 bits per heavy atom. The molecular formula is C23H24ClFN4O. The second kappa shape index (κ2) is 8.48. The number of rotatable bonds is 5. The SMILES string of the molecule is Cc1nn(Cc2ccc(F)cc2)c(Cl)c1C(=O)Nc1ccc(N2CCC(C)C2)cc1. The van der Waals surface area contributed by atoms with Crippen molar-refractivity contribution >= 4 is 28.9 Å². The van der Waals surface area contributed by atoms with E-state index in [1.807, 2.05) is 24.3 Å². The minimum Gasteiger partial charge on any atom is -0.371 e. The number of hydrogen-bond donors (Lipinski definition) is 1. The van der Waals surface area contributed by atoms with Gasteiger partial charge in [-0.15, -0.1) is 0 Å². The Kier molecular flexibility index (Phi) is 5.77. The highest BCUT2D eigenvalue weighted by Gasteiger charge is 2.21. The van der Waals surface area contributed by atoms with Gasteiger partial charge in [0.15, 0.2) is 0 Å². The van der Waals surface area contributed by atoms with Crippen LogP contribution in [0.3, 0.4) is 0 Å². The number of nitrogens with zero attached hydrogens (tertiary/aromatic N) is 3. The summed E-state index contributed by atoms with van der Waals surface area (Å²) in [5, 5.41) is 7.55. The summed E-state index contributed by atoms with van der Waals surface area (Å²) in [6.45, 7) is 6.50. The van der Waals surface area contributed by atoms with E-state index in [2.05, 4.69) is 22.2 Å². The molecule has 1 aliphatic rings. The number of carbonyl (C=O) groups excluding carboxylic acids is 1. The summed E-state index contributed by atoms with van der Waals surface area (Å²) < 4.78 is 14.7. The van der Waals surface area contributed by atoms with Gasteiger partial charge in [0.1, 0.15) is 11.0 Å². The summed E-state index contributed by atoms with van der Waals surface area (Å²) in [5.41, 5.74) is 3.61. The van der Waals surface area contributed by atoms with Gasteiger partial charge in [0.2, 0.25) is 0 Å². The molecule has 0 radical (unpaired) electrons. The normalized spacial score (nSPS) is 16.1. The molecule has 2 heterocycles. The van der Waals surface area contributed by atoms with Crippen molar-refractivity contribution < 1.29 is 9.18 Å². The first-order valence-electron chi connectivity index (χ1n) is 10.0. The third kappa shape index (κ3) is 4.33. The number of anilines is 2. The topological polar surface area (TPSA) is 50.2 Å². The van der Waals surface area contributed by atoms with Crippen molar-refractivity contribution in [2.24, 2.45) is 5.92 Å². The molecule has 30 heavy (non-hydrogen) atoms. The number of benzene rings is 2. The molecule has 0 bridgehead atoms. The molecule has 1 fully saturated rings. The van der Waals surface area contributed by atoms with Gasteiger partial charge in [0.25, 0.3) is 5.91 Å². The van der Waals surface area contributed by atoms with Crippen LogP contribution in [0.25, 0.3) is 0 Å². The molecule has 1 amide bonds. The van der Waals surface area contributed by atoms with Crippen LogP contribution in [0.5, 0.6) is 0 Å². The highest BCUT2D eigenvalue weighted by Crippen LogP contribution is 2.26. The highest BCUT2D eigenvalue weighted by atomic mass is 35.5. The van der Waals surface area contributed by atoms with E-state index in [0.717, 1.165) is 18.7 Å². The van der Waals surface area contributed by atoms with Crippen LogP contribution in [0.1, 0.15) is 35.0 Å². The summed E-state index contributed by atoms with van der Waals surface area (Å²) in [6.07, 6.45) is 1.21. The van der Waals surface area contributed by atoms with Gasteiger partial charge in [0.05, 0.1) is 17.8 Å². The lowest BCUT2D eigenvalue weighted by molar-refractivity contribution is 0.102. The smallest absolute Gasteiger partial charge is 0.260 e. The minimum atomic E-state index is -0.301. The molecule has 2 aromatic carbocycles. The number of carbonyl (C=O) groups is 1. The number of nitrogens with one attached hydrogen (secondary N) is 1. The van der Waals surface area contributed by atoms with E-state index in [4.69, 9.17) is 11.6 Å². The van der Waals surface area contributed by atoms with Crippen LogP contribution in [0.15, 0.2) is 48.5 Å². The molecule has 7 heteroatoms. The lowest BCUT2D eigenvalue weighted by atomic mass is 10.2. The Morgan fingerprint density at radius 2 is 1.90 bits per heavy atom. The quantitative estimate of drug-likeness (QED) is 0.615. The van der Waals surface area contributed by atoms with Gasteiger partial charge in [-0.25, -0.2) is 9.07 Å². The first-order chi connectivity index (χ1) is 14.4. The molecular weight excluding hydrogens is 403 g/mol. The van der Waals surface area contributed by atoms with Gasteiger partial charge in [-0.3, -0.25) is 4.79 Å². The second-order valence-electron chi connectivity index (χ2n) is 7.88. The van der Waals surface area contributed by atoms with E-state index >= 15 is 0 Å². The minimum absolute atomic E-state index is 0.261. The van der Waals surface area contributed by atoms with Crippen molar-refractivity contribution in [3.8, 4) is 0 Å². The van der Waals surface area contributed by atoms with E-state index < -0.39 is 0 Å². The predicted octanol–water partition coefficient (Wildman–Crippen LogP) is 5.13. The number of amides is 1. The van der Waals surface area contributed by atoms with Crippen molar-refractivity contribution in [1.29, 1.82) is 0 Å². The van der Waals surface area contributed by atoms with Gasteiger partial charge in [0, 0.05) is 24.5 Å². The van der Waals surface area contributed by atoms with Crippen LogP contribution in [0.2, 0.25) is 5.15 Å². The van der Waals surface area contributed by atoms with Crippen molar-refractivity contribution in [3.05, 3.63) is 76.3 Å². The van der Waals surface area contributed by atoms with Crippen LogP contribution in [-0.4, -0.2) is 28.8 Å². The Morgan fingerprint density at radius 3 is 2.53 bits per heavy atom. The van der Waals surface area contributed by atoms with Gasteiger partial charge in [-0.2, -0.15) is 5.10 Å². The Hall–Kier alpha value is -2.86. The molecule has 0 spiro atoms. The third-order valence-electron chi connectivity index (χ3n) is 5.45. The number of halogens is 2. The molecule has 1 N–H and O–H groups in total. The molecule has 4 rings (SSSR count). The van der Waals surface area contributed by atoms with Crippen molar-refractivity contribution in [2.45, 2.75) is 26.8 Å². The van der Waals surface area contributed by atoms with E-state index in [1.165, 1.54) is 24.2 Å². The Labute approximate surface area is 180 Å². The van der Waals surface area contributed by atoms with Crippen LogP contribution < -0.4 is 10.2 Å². The molecule has 1 unspecified atom stereocenters. The van der Waals surface area contributed by atoms with Crippen molar-refractivity contribution in [3.63, 3.8) is 0 Å². The molecule has 5 nitrogen and oxygen atoms in total. The zero-order chi connectivity index (χ0) is 21.3. The summed E-state index contributed by atoms with van der Waals surface area (Å²) >= 11 is 6.46. The molecule has 0 saturated carbocycles. The molecule has 1 aliphatic heterocycles. The lowest BCUT2D eigenvalue weighted by Crippen LogP contribution is -2.19. The Bertz CT molecular complexity index is 1050. The fourth-order valence-corrected chi connectivity index (χ4v) is 4.12. The largest absolute Gasteiger partial charge is 0.371 e. The average molecular weight is 427 g/mol. The molecule has 0 aliphatic carbocycles. The third-order valence-corrected chi connectivity index (χ3v) is 5.84. The maximum absolute atomic E-state index is 13.1. The maximum Gasteiger partial charge on any atom is 0.260 e. The number of aryl methyl sites for hydroxylation is 1. The van der Waals surface area contributed by atoms with Crippen LogP contribution in [0.4, 0.5) is 15.8 Å². The monoisotopic (exact) mass is 426 g/mol. The predicted molar refractivity (Wildman–Crippen MR) is 118 cm³/mol. The molecule has 3 aromatic rings. The van der Waals surface area contributed by atoms with E-state index in [-0.39, 0.29) is 16.9 Å². The maximum atomic E-state index is 13.1.